The summed E-state index contributed by atoms with van der Waals surface area (Å²) in [6.07, 6.45) is 17.6. The van der Waals surface area contributed by atoms with Crippen LogP contribution in [0.3, 0.4) is 0 Å². The Labute approximate surface area is 208 Å². The zero-order valence-electron chi connectivity index (χ0n) is 20.8. The molecule has 0 aliphatic carbocycles. The molecule has 6 heteroatoms. The second-order valence-corrected chi connectivity index (χ2v) is 8.87. The Kier molecular flexibility index (Phi) is 28.9. The summed E-state index contributed by atoms with van der Waals surface area (Å²) < 4.78 is 1.24. The van der Waals surface area contributed by atoms with Gasteiger partial charge in [-0.15, -0.1) is 0 Å². The first-order valence-corrected chi connectivity index (χ1v) is 12.0. The van der Waals surface area contributed by atoms with Crippen LogP contribution in [0.5, 0.6) is 0 Å². The number of carboxylic acid groups (broad SMARTS) is 2. The van der Waals surface area contributed by atoms with E-state index in [1.807, 2.05) is 0 Å². The fourth-order valence-electron chi connectivity index (χ4n) is 3.29. The van der Waals surface area contributed by atoms with Crippen LogP contribution in [0.2, 0.25) is 0 Å². The van der Waals surface area contributed by atoms with Gasteiger partial charge in [-0.05, 0) is 51.4 Å². The first-order valence-electron chi connectivity index (χ1n) is 12.0. The molecule has 0 aromatic carbocycles. The number of unbranched alkanes of at least 4 members (excludes halogenated alkanes) is 11. The molecule has 0 unspecified atom stereocenters. The van der Waals surface area contributed by atoms with E-state index in [1.54, 1.807) is 0 Å². The van der Waals surface area contributed by atoms with E-state index in [0.717, 1.165) is 0 Å². The van der Waals surface area contributed by atoms with E-state index >= 15 is 0 Å². The monoisotopic (exact) mass is 437 g/mol. The van der Waals surface area contributed by atoms with Crippen LogP contribution in [-0.2, 0) is 9.59 Å². The summed E-state index contributed by atoms with van der Waals surface area (Å²) >= 11 is 0. The molecule has 0 aliphatic rings. The van der Waals surface area contributed by atoms with E-state index in [-0.39, 0.29) is 42.4 Å². The van der Waals surface area contributed by atoms with E-state index in [4.69, 9.17) is 0 Å². The quantitative estimate of drug-likeness (QED) is 0.170. The maximum Gasteiger partial charge on any atom is 1.00 e. The summed E-state index contributed by atoms with van der Waals surface area (Å²) in [5, 5.41) is 19.5. The summed E-state index contributed by atoms with van der Waals surface area (Å²) in [6, 6.07) is 0. The summed E-state index contributed by atoms with van der Waals surface area (Å²) in [5.74, 6) is -2.28. The molecule has 0 aromatic heterocycles. The normalized spacial score (nSPS) is 10.7. The Morgan fingerprint density at radius 2 is 0.867 bits per heavy atom. The van der Waals surface area contributed by atoms with Crippen LogP contribution in [0.4, 0.5) is 0 Å². The number of rotatable bonds is 19. The smallest absolute Gasteiger partial charge is 0.550 e. The van der Waals surface area contributed by atoms with Gasteiger partial charge >= 0.3 is 29.6 Å². The van der Waals surface area contributed by atoms with Gasteiger partial charge in [-0.1, -0.05) is 65.2 Å². The number of carbonyl (C=O) groups is 2. The van der Waals surface area contributed by atoms with E-state index in [0.29, 0.717) is 12.8 Å². The molecule has 0 rings (SSSR count). The van der Waals surface area contributed by atoms with Crippen LogP contribution in [0, 0.1) is 0 Å². The van der Waals surface area contributed by atoms with Gasteiger partial charge < -0.3 is 24.3 Å². The average molecular weight is 438 g/mol. The van der Waals surface area contributed by atoms with Gasteiger partial charge in [0.2, 0.25) is 0 Å². The molecular formula is C24H48NNaO4. The number of aliphatic carboxylic acids is 2. The molecule has 5 nitrogen and oxygen atoms in total. The second kappa shape index (κ2) is 25.2. The Balaban J connectivity index is -0.000000563. The van der Waals surface area contributed by atoms with Crippen molar-refractivity contribution in [2.75, 3.05) is 27.2 Å². The zero-order chi connectivity index (χ0) is 22.4. The van der Waals surface area contributed by atoms with Gasteiger partial charge in [-0.25, -0.2) is 0 Å². The van der Waals surface area contributed by atoms with Gasteiger partial charge in [0, 0.05) is 11.9 Å². The minimum Gasteiger partial charge on any atom is -0.550 e. The third-order valence-corrected chi connectivity index (χ3v) is 5.25. The molecule has 0 radical (unpaired) electrons. The van der Waals surface area contributed by atoms with Gasteiger partial charge in [0.25, 0.3) is 0 Å². The van der Waals surface area contributed by atoms with Crippen molar-refractivity contribution in [1.82, 2.24) is 0 Å². The third kappa shape index (κ3) is 32.6. The minimum absolute atomic E-state index is 0. The van der Waals surface area contributed by atoms with Gasteiger partial charge in [-0.2, -0.15) is 0 Å². The van der Waals surface area contributed by atoms with E-state index in [1.165, 1.54) is 94.6 Å². The van der Waals surface area contributed by atoms with Crippen LogP contribution in [0.15, 0.2) is 0 Å². The van der Waals surface area contributed by atoms with E-state index < -0.39 is 11.9 Å². The van der Waals surface area contributed by atoms with Crippen molar-refractivity contribution in [3.8, 4) is 0 Å². The largest absolute Gasteiger partial charge is 1.00 e. The molecule has 0 saturated carbocycles. The molecule has 30 heavy (non-hydrogen) atoms. The Bertz CT molecular complexity index is 355. The van der Waals surface area contributed by atoms with Crippen molar-refractivity contribution >= 4 is 11.9 Å². The third-order valence-electron chi connectivity index (χ3n) is 5.25. The number of carboxylic acids is 2. The van der Waals surface area contributed by atoms with Crippen LogP contribution in [0.25, 0.3) is 0 Å². The Hall–Kier alpha value is -0.100. The predicted molar refractivity (Wildman–Crippen MR) is 117 cm³/mol. The number of nitrogens with zero attached hydrogens (tertiary/aromatic N) is 1. The number of carbonyl (C=O) groups excluding carboxylic acids is 2. The number of hydrogen-bond acceptors (Lipinski definition) is 4. The van der Waals surface area contributed by atoms with Gasteiger partial charge in [-0.3, -0.25) is 0 Å². The van der Waals surface area contributed by atoms with Gasteiger partial charge in [0.05, 0.1) is 27.2 Å². The number of hydrogen-bond donors (Lipinski definition) is 0. The molecule has 0 atom stereocenters. The van der Waals surface area contributed by atoms with Gasteiger partial charge in [0.15, 0.2) is 0 Å². The molecule has 0 fully saturated rings. The standard InChI is InChI=1S/C18H40N.C6H10O4.Na/c1-5-7-9-11-13-15-17-19(3,4)18-16-14-12-10-8-6-2;7-5(8)3-1-2-4-6(9)10;/h5-18H2,1-4H3;1-4H2,(H,7,8)(H,9,10);/q+1;;+1/p-2. The molecule has 0 aliphatic heterocycles. The van der Waals surface area contributed by atoms with E-state index in [9.17, 15) is 19.8 Å². The molecule has 0 heterocycles. The summed E-state index contributed by atoms with van der Waals surface area (Å²) in [6.45, 7) is 7.34. The van der Waals surface area contributed by atoms with Crippen molar-refractivity contribution in [2.45, 2.75) is 117 Å². The van der Waals surface area contributed by atoms with Crippen molar-refractivity contribution in [3.05, 3.63) is 0 Å². The molecule has 0 amide bonds. The summed E-state index contributed by atoms with van der Waals surface area (Å²) in [4.78, 5) is 19.5. The minimum atomic E-state index is -1.14. The Morgan fingerprint density at radius 1 is 0.567 bits per heavy atom. The van der Waals surface area contributed by atoms with Crippen molar-refractivity contribution in [2.24, 2.45) is 0 Å². The maximum absolute atomic E-state index is 9.77. The topological polar surface area (TPSA) is 80.3 Å². The fraction of sp³-hybridized carbons (Fsp3) is 0.917. The van der Waals surface area contributed by atoms with Gasteiger partial charge in [0.1, 0.15) is 0 Å². The van der Waals surface area contributed by atoms with Crippen molar-refractivity contribution in [1.29, 1.82) is 0 Å². The van der Waals surface area contributed by atoms with Crippen LogP contribution < -0.4 is 39.8 Å². The maximum atomic E-state index is 9.77. The van der Waals surface area contributed by atoms with Crippen LogP contribution in [0.1, 0.15) is 117 Å². The fourth-order valence-corrected chi connectivity index (χ4v) is 3.29. The van der Waals surface area contributed by atoms with Crippen molar-refractivity contribution < 1.29 is 53.8 Å². The van der Waals surface area contributed by atoms with Crippen LogP contribution in [-0.4, -0.2) is 43.6 Å². The average Bonchev–Trinajstić information content (AvgIpc) is 2.65. The Morgan fingerprint density at radius 3 is 1.17 bits per heavy atom. The first-order chi connectivity index (χ1) is 13.7. The van der Waals surface area contributed by atoms with Crippen molar-refractivity contribution in [3.63, 3.8) is 0 Å². The number of quaternary nitrogens is 1. The second-order valence-electron chi connectivity index (χ2n) is 8.87. The zero-order valence-corrected chi connectivity index (χ0v) is 22.8. The molecule has 0 N–H and O–H groups in total. The first kappa shape index (κ1) is 34.5. The SMILES string of the molecule is CCCCCCCC[N+](C)(C)CCCCCCCC.O=C([O-])CCCCC(=O)[O-].[Na+]. The summed E-state index contributed by atoms with van der Waals surface area (Å²) in [5.41, 5.74) is 0. The molecule has 0 bridgehead atoms. The summed E-state index contributed by atoms with van der Waals surface area (Å²) in [7, 11) is 4.83. The van der Waals surface area contributed by atoms with Crippen LogP contribution >= 0.6 is 0 Å². The van der Waals surface area contributed by atoms with E-state index in [2.05, 4.69) is 27.9 Å². The molecule has 0 saturated heterocycles. The predicted octanol–water partition coefficient (Wildman–Crippen LogP) is 0.834. The molecular weight excluding hydrogens is 389 g/mol. The molecule has 174 valence electrons. The molecule has 0 spiro atoms. The molecule has 0 aromatic rings.